The van der Waals surface area contributed by atoms with Gasteiger partial charge in [-0.3, -0.25) is 4.79 Å². The zero-order valence-corrected chi connectivity index (χ0v) is 11.9. The largest absolute Gasteiger partial charge is 0.356 e. The number of nitrogens with one attached hydrogen (secondary N) is 2. The van der Waals surface area contributed by atoms with Crippen LogP contribution in [-0.4, -0.2) is 51.1 Å². The van der Waals surface area contributed by atoms with Gasteiger partial charge in [0.25, 0.3) is 0 Å². The molecule has 0 unspecified atom stereocenters. The van der Waals surface area contributed by atoms with E-state index in [1.165, 1.54) is 6.42 Å². The van der Waals surface area contributed by atoms with E-state index < -0.39 is 0 Å². The van der Waals surface area contributed by atoms with Crippen LogP contribution in [-0.2, 0) is 4.79 Å². The minimum atomic E-state index is 0.154. The van der Waals surface area contributed by atoms with Gasteiger partial charge in [0.1, 0.15) is 0 Å². The molecule has 4 nitrogen and oxygen atoms in total. The number of carbonyl (C=O) groups excluding carboxylic acids is 1. The second-order valence-electron chi connectivity index (χ2n) is 5.19. The minimum Gasteiger partial charge on any atom is -0.356 e. The molecule has 0 fully saturated rings. The second-order valence-corrected chi connectivity index (χ2v) is 5.19. The molecule has 0 bridgehead atoms. The quantitative estimate of drug-likeness (QED) is 0.564. The summed E-state index contributed by atoms with van der Waals surface area (Å²) in [6, 6.07) is 0. The predicted molar refractivity (Wildman–Crippen MR) is 73.1 cm³/mol. The monoisotopic (exact) mass is 243 g/mol. The summed E-state index contributed by atoms with van der Waals surface area (Å²) in [6.45, 7) is 8.01. The molecule has 0 aromatic carbocycles. The molecule has 0 rings (SSSR count). The summed E-state index contributed by atoms with van der Waals surface area (Å²) in [4.78, 5) is 13.5. The van der Waals surface area contributed by atoms with E-state index in [0.717, 1.165) is 38.5 Å². The lowest BCUT2D eigenvalue weighted by molar-refractivity contribution is -0.121. The standard InChI is InChI=1S/C13H29N3O/c1-12(2)6-9-14-10-7-13(17)15-8-5-11-16(3)4/h12,14H,5-11H2,1-4H3,(H,15,17). The van der Waals surface area contributed by atoms with Crippen molar-refractivity contribution in [2.75, 3.05) is 40.3 Å². The fourth-order valence-electron chi connectivity index (χ4n) is 1.43. The zero-order valence-electron chi connectivity index (χ0n) is 11.9. The normalized spacial score (nSPS) is 11.2. The Morgan fingerprint density at radius 1 is 1.18 bits per heavy atom. The lowest BCUT2D eigenvalue weighted by Gasteiger charge is -2.10. The number of hydrogen-bond donors (Lipinski definition) is 2. The average molecular weight is 243 g/mol. The Balaban J connectivity index is 3.23. The van der Waals surface area contributed by atoms with E-state index in [9.17, 15) is 4.79 Å². The molecule has 0 aliphatic carbocycles. The summed E-state index contributed by atoms with van der Waals surface area (Å²) < 4.78 is 0. The van der Waals surface area contributed by atoms with Crippen LogP contribution < -0.4 is 10.6 Å². The first-order valence-corrected chi connectivity index (χ1v) is 6.64. The first-order valence-electron chi connectivity index (χ1n) is 6.64. The smallest absolute Gasteiger partial charge is 0.221 e. The first-order chi connectivity index (χ1) is 8.02. The molecule has 0 atom stereocenters. The molecule has 2 N–H and O–H groups in total. The third kappa shape index (κ3) is 13.3. The van der Waals surface area contributed by atoms with Gasteiger partial charge in [0, 0.05) is 19.5 Å². The Hall–Kier alpha value is -0.610. The van der Waals surface area contributed by atoms with E-state index in [4.69, 9.17) is 0 Å². The van der Waals surface area contributed by atoms with Gasteiger partial charge in [-0.15, -0.1) is 0 Å². The van der Waals surface area contributed by atoms with E-state index in [-0.39, 0.29) is 5.91 Å². The first kappa shape index (κ1) is 16.4. The zero-order chi connectivity index (χ0) is 13.1. The molecule has 0 aromatic heterocycles. The molecule has 4 heteroatoms. The van der Waals surface area contributed by atoms with Crippen LogP contribution in [0.1, 0.15) is 33.1 Å². The van der Waals surface area contributed by atoms with Crippen LogP contribution in [0.5, 0.6) is 0 Å². The van der Waals surface area contributed by atoms with Gasteiger partial charge >= 0.3 is 0 Å². The van der Waals surface area contributed by atoms with Gasteiger partial charge in [-0.1, -0.05) is 13.8 Å². The average Bonchev–Trinajstić information content (AvgIpc) is 2.23. The Morgan fingerprint density at radius 2 is 1.88 bits per heavy atom. The van der Waals surface area contributed by atoms with Gasteiger partial charge in [-0.25, -0.2) is 0 Å². The molecular formula is C13H29N3O. The molecule has 0 spiro atoms. The second kappa shape index (κ2) is 10.5. The van der Waals surface area contributed by atoms with Crippen LogP contribution in [0.15, 0.2) is 0 Å². The minimum absolute atomic E-state index is 0.154. The van der Waals surface area contributed by atoms with Crippen molar-refractivity contribution in [2.45, 2.75) is 33.1 Å². The van der Waals surface area contributed by atoms with Gasteiger partial charge < -0.3 is 15.5 Å². The summed E-state index contributed by atoms with van der Waals surface area (Å²) in [7, 11) is 4.08. The lowest BCUT2D eigenvalue weighted by atomic mass is 10.1. The molecular weight excluding hydrogens is 214 g/mol. The molecule has 102 valence electrons. The van der Waals surface area contributed by atoms with Gasteiger partial charge in [0.05, 0.1) is 0 Å². The molecule has 1 amide bonds. The Kier molecular flexibility index (Phi) is 10.2. The molecule has 0 aliphatic heterocycles. The maximum Gasteiger partial charge on any atom is 0.221 e. The van der Waals surface area contributed by atoms with Crippen LogP contribution in [0.25, 0.3) is 0 Å². The molecule has 0 saturated heterocycles. The van der Waals surface area contributed by atoms with Crippen LogP contribution in [0.4, 0.5) is 0 Å². The SMILES string of the molecule is CC(C)CCNCCC(=O)NCCCN(C)C. The van der Waals surface area contributed by atoms with Crippen molar-refractivity contribution in [2.24, 2.45) is 5.92 Å². The van der Waals surface area contributed by atoms with Crippen LogP contribution >= 0.6 is 0 Å². The Labute approximate surface area is 106 Å². The molecule has 17 heavy (non-hydrogen) atoms. The van der Waals surface area contributed by atoms with E-state index in [2.05, 4.69) is 29.4 Å². The Morgan fingerprint density at radius 3 is 2.47 bits per heavy atom. The van der Waals surface area contributed by atoms with Gasteiger partial charge in [0.2, 0.25) is 5.91 Å². The molecule has 0 saturated carbocycles. The molecule has 0 aromatic rings. The molecule has 0 heterocycles. The Bertz CT molecular complexity index is 193. The summed E-state index contributed by atoms with van der Waals surface area (Å²) in [5.74, 6) is 0.878. The van der Waals surface area contributed by atoms with E-state index in [0.29, 0.717) is 6.42 Å². The summed E-state index contributed by atoms with van der Waals surface area (Å²) >= 11 is 0. The highest BCUT2D eigenvalue weighted by molar-refractivity contribution is 5.75. The van der Waals surface area contributed by atoms with Gasteiger partial charge in [-0.2, -0.15) is 0 Å². The number of rotatable bonds is 10. The molecule has 0 radical (unpaired) electrons. The van der Waals surface area contributed by atoms with Crippen LogP contribution in [0.2, 0.25) is 0 Å². The van der Waals surface area contributed by atoms with Gasteiger partial charge in [-0.05, 0) is 45.9 Å². The highest BCUT2D eigenvalue weighted by atomic mass is 16.1. The lowest BCUT2D eigenvalue weighted by Crippen LogP contribution is -2.30. The van der Waals surface area contributed by atoms with Crippen LogP contribution in [0.3, 0.4) is 0 Å². The fourth-order valence-corrected chi connectivity index (χ4v) is 1.43. The van der Waals surface area contributed by atoms with Crippen molar-refractivity contribution in [1.82, 2.24) is 15.5 Å². The predicted octanol–water partition coefficient (Wildman–Crippen LogP) is 1.08. The number of amides is 1. The van der Waals surface area contributed by atoms with Crippen molar-refractivity contribution >= 4 is 5.91 Å². The summed E-state index contributed by atoms with van der Waals surface area (Å²) in [5.41, 5.74) is 0. The highest BCUT2D eigenvalue weighted by Crippen LogP contribution is 1.96. The van der Waals surface area contributed by atoms with Crippen molar-refractivity contribution in [3.8, 4) is 0 Å². The van der Waals surface area contributed by atoms with Crippen LogP contribution in [0, 0.1) is 5.92 Å². The van der Waals surface area contributed by atoms with Gasteiger partial charge in [0.15, 0.2) is 0 Å². The topological polar surface area (TPSA) is 44.4 Å². The number of hydrogen-bond acceptors (Lipinski definition) is 3. The van der Waals surface area contributed by atoms with E-state index in [1.807, 2.05) is 14.1 Å². The van der Waals surface area contributed by atoms with E-state index >= 15 is 0 Å². The third-order valence-electron chi connectivity index (χ3n) is 2.53. The number of carbonyl (C=O) groups is 1. The van der Waals surface area contributed by atoms with E-state index in [1.54, 1.807) is 0 Å². The summed E-state index contributed by atoms with van der Waals surface area (Å²) in [5, 5.41) is 6.22. The maximum absolute atomic E-state index is 11.4. The third-order valence-corrected chi connectivity index (χ3v) is 2.53. The van der Waals surface area contributed by atoms with Crippen molar-refractivity contribution in [3.05, 3.63) is 0 Å². The molecule has 0 aliphatic rings. The number of nitrogens with zero attached hydrogens (tertiary/aromatic N) is 1. The summed E-state index contributed by atoms with van der Waals surface area (Å²) in [6.07, 6.45) is 2.77. The highest BCUT2D eigenvalue weighted by Gasteiger charge is 2.00. The van der Waals surface area contributed by atoms with Crippen molar-refractivity contribution < 1.29 is 4.79 Å². The van der Waals surface area contributed by atoms with Crippen molar-refractivity contribution in [3.63, 3.8) is 0 Å². The van der Waals surface area contributed by atoms with Crippen molar-refractivity contribution in [1.29, 1.82) is 0 Å². The fraction of sp³-hybridized carbons (Fsp3) is 0.923. The maximum atomic E-state index is 11.4.